The van der Waals surface area contributed by atoms with E-state index < -0.39 is 0 Å². The van der Waals surface area contributed by atoms with Gasteiger partial charge in [-0.1, -0.05) is 25.1 Å². The van der Waals surface area contributed by atoms with E-state index in [1.165, 1.54) is 16.6 Å². The number of nitrogens with zero attached hydrogens (tertiary/aromatic N) is 6. The van der Waals surface area contributed by atoms with Crippen molar-refractivity contribution in [2.24, 2.45) is 0 Å². The van der Waals surface area contributed by atoms with Crippen molar-refractivity contribution in [1.29, 1.82) is 0 Å². The van der Waals surface area contributed by atoms with E-state index in [9.17, 15) is 10.1 Å². The highest BCUT2D eigenvalue weighted by molar-refractivity contribution is 5.97. The van der Waals surface area contributed by atoms with Crippen LogP contribution in [0, 0.1) is 10.1 Å². The van der Waals surface area contributed by atoms with Gasteiger partial charge in [0.2, 0.25) is 5.95 Å². The maximum Gasteiger partial charge on any atom is 0.294 e. The Morgan fingerprint density at radius 1 is 1.18 bits per heavy atom. The SMILES string of the molecule is CCc1cc(N(C)C(C)CN(C)C)c([N+](=O)[O-])cc1Nc1nccc(-c2c3n(c4ccccc24)CCC3)n1. The fourth-order valence-electron chi connectivity index (χ4n) is 5.59. The second-order valence-corrected chi connectivity index (χ2v) is 10.3. The molecule has 2 aromatic carbocycles. The number of hydrogen-bond acceptors (Lipinski definition) is 7. The maximum atomic E-state index is 12.1. The Kier molecular flexibility index (Phi) is 7.03. The lowest BCUT2D eigenvalue weighted by Crippen LogP contribution is -2.37. The molecule has 9 nitrogen and oxygen atoms in total. The van der Waals surface area contributed by atoms with E-state index in [0.29, 0.717) is 23.7 Å². The Labute approximate surface area is 223 Å². The Morgan fingerprint density at radius 3 is 2.71 bits per heavy atom. The summed E-state index contributed by atoms with van der Waals surface area (Å²) in [6.45, 7) is 5.92. The first-order chi connectivity index (χ1) is 18.3. The van der Waals surface area contributed by atoms with Gasteiger partial charge in [-0.2, -0.15) is 0 Å². The molecule has 0 aliphatic carbocycles. The lowest BCUT2D eigenvalue weighted by atomic mass is 10.0. The van der Waals surface area contributed by atoms with Crippen molar-refractivity contribution in [3.8, 4) is 11.3 Å². The van der Waals surface area contributed by atoms with E-state index in [0.717, 1.165) is 42.8 Å². The van der Waals surface area contributed by atoms with Gasteiger partial charge in [0.1, 0.15) is 5.69 Å². The third-order valence-electron chi connectivity index (χ3n) is 7.48. The number of aryl methyl sites for hydroxylation is 2. The summed E-state index contributed by atoms with van der Waals surface area (Å²) in [5, 5.41) is 16.6. The zero-order valence-corrected chi connectivity index (χ0v) is 22.7. The summed E-state index contributed by atoms with van der Waals surface area (Å²) in [4.78, 5) is 25.2. The molecule has 2 aromatic heterocycles. The molecule has 0 bridgehead atoms. The molecule has 1 unspecified atom stereocenters. The summed E-state index contributed by atoms with van der Waals surface area (Å²) in [7, 11) is 5.92. The zero-order chi connectivity index (χ0) is 27.0. The van der Waals surface area contributed by atoms with Gasteiger partial charge in [-0.25, -0.2) is 9.97 Å². The number of rotatable bonds is 9. The predicted octanol–water partition coefficient (Wildman–Crippen LogP) is 5.65. The molecule has 198 valence electrons. The number of hydrogen-bond donors (Lipinski definition) is 1. The number of para-hydroxylation sites is 1. The molecule has 5 rings (SSSR count). The number of benzene rings is 2. The average molecular weight is 514 g/mol. The fraction of sp³-hybridized carbons (Fsp3) is 0.379. The van der Waals surface area contributed by atoms with Crippen LogP contribution in [0.15, 0.2) is 48.7 Å². The molecule has 0 amide bonds. The topological polar surface area (TPSA) is 92.4 Å². The predicted molar refractivity (Wildman–Crippen MR) is 153 cm³/mol. The first-order valence-electron chi connectivity index (χ1n) is 13.2. The molecule has 1 atom stereocenters. The van der Waals surface area contributed by atoms with E-state index in [1.54, 1.807) is 12.3 Å². The van der Waals surface area contributed by atoms with Crippen LogP contribution in [0.5, 0.6) is 0 Å². The van der Waals surface area contributed by atoms with E-state index in [2.05, 4.69) is 51.0 Å². The van der Waals surface area contributed by atoms with Crippen molar-refractivity contribution >= 4 is 33.9 Å². The molecule has 1 aliphatic rings. The molecular formula is C29H35N7O2. The van der Waals surface area contributed by atoms with Crippen LogP contribution in [0.1, 0.15) is 31.5 Å². The molecule has 9 heteroatoms. The number of nitro groups is 1. The largest absolute Gasteiger partial charge is 0.365 e. The van der Waals surface area contributed by atoms with Crippen LogP contribution in [0.4, 0.5) is 23.0 Å². The molecule has 3 heterocycles. The van der Waals surface area contributed by atoms with Gasteiger partial charge in [-0.05, 0) is 64.0 Å². The molecule has 38 heavy (non-hydrogen) atoms. The van der Waals surface area contributed by atoms with Crippen molar-refractivity contribution in [1.82, 2.24) is 19.4 Å². The van der Waals surface area contributed by atoms with E-state index >= 15 is 0 Å². The van der Waals surface area contributed by atoms with Crippen LogP contribution in [0.3, 0.4) is 0 Å². The number of fused-ring (bicyclic) bond motifs is 3. The van der Waals surface area contributed by atoms with Crippen molar-refractivity contribution in [3.63, 3.8) is 0 Å². The fourth-order valence-corrected chi connectivity index (χ4v) is 5.59. The van der Waals surface area contributed by atoms with Crippen LogP contribution in [0.25, 0.3) is 22.2 Å². The third kappa shape index (κ3) is 4.69. The minimum Gasteiger partial charge on any atom is -0.365 e. The Morgan fingerprint density at radius 2 is 1.97 bits per heavy atom. The van der Waals surface area contributed by atoms with E-state index in [-0.39, 0.29) is 16.7 Å². The molecule has 1 aliphatic heterocycles. The number of nitrogens with one attached hydrogen (secondary N) is 1. The number of aromatic nitrogens is 3. The molecule has 0 saturated heterocycles. The molecule has 4 aromatic rings. The highest BCUT2D eigenvalue weighted by atomic mass is 16.6. The third-order valence-corrected chi connectivity index (χ3v) is 7.48. The summed E-state index contributed by atoms with van der Waals surface area (Å²) in [5.41, 5.74) is 6.84. The Balaban J connectivity index is 1.53. The monoisotopic (exact) mass is 513 g/mol. The van der Waals surface area contributed by atoms with Gasteiger partial charge in [-0.15, -0.1) is 0 Å². The van der Waals surface area contributed by atoms with Gasteiger partial charge in [0.15, 0.2) is 0 Å². The molecule has 0 radical (unpaired) electrons. The van der Waals surface area contributed by atoms with Gasteiger partial charge < -0.3 is 19.7 Å². The molecule has 0 fully saturated rings. The van der Waals surface area contributed by atoms with Crippen LogP contribution >= 0.6 is 0 Å². The van der Waals surface area contributed by atoms with Crippen molar-refractivity contribution in [2.45, 2.75) is 45.7 Å². The summed E-state index contributed by atoms with van der Waals surface area (Å²) in [5.74, 6) is 0.426. The van der Waals surface area contributed by atoms with E-state index in [4.69, 9.17) is 4.98 Å². The van der Waals surface area contributed by atoms with Gasteiger partial charge in [0.25, 0.3) is 5.69 Å². The summed E-state index contributed by atoms with van der Waals surface area (Å²) in [6.07, 6.45) is 4.61. The zero-order valence-electron chi connectivity index (χ0n) is 22.7. The standard InChI is InChI=1S/C29H35N7O2/c1-6-20-16-26(34(5)19(2)18-33(3)4)27(36(37)38)17-23(20)32-29-30-14-13-22(31-29)28-21-10-7-8-11-24(21)35-15-9-12-25(28)35/h7-8,10-11,13-14,16-17,19H,6,9,12,15,18H2,1-5H3,(H,30,31,32). The van der Waals surface area contributed by atoms with Crippen molar-refractivity contribution in [3.05, 3.63) is 70.0 Å². The second kappa shape index (κ2) is 10.4. The summed E-state index contributed by atoms with van der Waals surface area (Å²) in [6, 6.07) is 14.0. The summed E-state index contributed by atoms with van der Waals surface area (Å²) >= 11 is 0. The van der Waals surface area contributed by atoms with Crippen LogP contribution in [-0.2, 0) is 19.4 Å². The minimum atomic E-state index is -0.313. The molecule has 0 spiro atoms. The normalized spacial score (nSPS) is 13.6. The highest BCUT2D eigenvalue weighted by Crippen LogP contribution is 2.39. The molecular weight excluding hydrogens is 478 g/mol. The van der Waals surface area contributed by atoms with Gasteiger partial charge in [0.05, 0.1) is 16.3 Å². The maximum absolute atomic E-state index is 12.1. The first kappa shape index (κ1) is 25.7. The number of nitro benzene ring substituents is 1. The van der Waals surface area contributed by atoms with Crippen LogP contribution in [0.2, 0.25) is 0 Å². The smallest absolute Gasteiger partial charge is 0.294 e. The average Bonchev–Trinajstić information content (AvgIpc) is 3.48. The van der Waals surface area contributed by atoms with Gasteiger partial charge >= 0.3 is 0 Å². The van der Waals surface area contributed by atoms with Gasteiger partial charge in [-0.3, -0.25) is 10.1 Å². The van der Waals surface area contributed by atoms with Crippen molar-refractivity contribution in [2.75, 3.05) is 37.9 Å². The molecule has 0 saturated carbocycles. The van der Waals surface area contributed by atoms with Gasteiger partial charge in [0, 0.05) is 60.6 Å². The number of anilines is 3. The van der Waals surface area contributed by atoms with Crippen molar-refractivity contribution < 1.29 is 4.92 Å². The second-order valence-electron chi connectivity index (χ2n) is 10.3. The lowest BCUT2D eigenvalue weighted by Gasteiger charge is -2.29. The first-order valence-corrected chi connectivity index (χ1v) is 13.2. The quantitative estimate of drug-likeness (QED) is 0.229. The van der Waals surface area contributed by atoms with Crippen LogP contribution < -0.4 is 10.2 Å². The lowest BCUT2D eigenvalue weighted by molar-refractivity contribution is -0.384. The summed E-state index contributed by atoms with van der Waals surface area (Å²) < 4.78 is 2.39. The number of likely N-dealkylation sites (N-methyl/N-ethyl adjacent to an activating group) is 2. The Hall–Kier alpha value is -3.98. The van der Waals surface area contributed by atoms with E-state index in [1.807, 2.05) is 45.1 Å². The highest BCUT2D eigenvalue weighted by Gasteiger charge is 2.25. The van der Waals surface area contributed by atoms with Crippen LogP contribution in [-0.4, -0.2) is 58.1 Å². The molecule has 1 N–H and O–H groups in total. The Bertz CT molecular complexity index is 1490. The minimum absolute atomic E-state index is 0.0604.